The lowest BCUT2D eigenvalue weighted by Gasteiger charge is -2.37. The van der Waals surface area contributed by atoms with Crippen LogP contribution < -0.4 is 22.3 Å². The Morgan fingerprint density at radius 2 is 1.63 bits per heavy atom. The predicted molar refractivity (Wildman–Crippen MR) is 115 cm³/mol. The molecule has 162 valence electrons. The Bertz CT molecular complexity index is 847. The van der Waals surface area contributed by atoms with E-state index in [1.807, 2.05) is 19.1 Å². The summed E-state index contributed by atoms with van der Waals surface area (Å²) in [6.45, 7) is 5.15. The number of halogens is 1. The molecule has 3 rings (SSSR count). The molecule has 1 heterocycles. The van der Waals surface area contributed by atoms with Crippen molar-refractivity contribution in [2.45, 2.75) is 39.2 Å². The minimum absolute atomic E-state index is 0. The number of amides is 1. The minimum atomic E-state index is -0.438. The van der Waals surface area contributed by atoms with Gasteiger partial charge < -0.3 is 31.5 Å². The Kier molecular flexibility index (Phi) is 9.06. The molecule has 1 fully saturated rings. The number of aryl methyl sites for hydroxylation is 1. The van der Waals surface area contributed by atoms with Crippen molar-refractivity contribution < 1.29 is 35.8 Å². The summed E-state index contributed by atoms with van der Waals surface area (Å²) in [5.41, 5.74) is 3.06. The van der Waals surface area contributed by atoms with E-state index >= 15 is 0 Å². The number of nitrogens with zero attached hydrogens (tertiary/aromatic N) is 1. The molecule has 6 heteroatoms. The Morgan fingerprint density at radius 1 is 0.967 bits per heavy atom. The SMILES string of the molecule is COC(=O)c1cccc(C)c1NC(=O)C[N+]1(Cc2ccccc2)CCCCCC1.[Br-]. The van der Waals surface area contributed by atoms with Crippen LogP contribution in [0.5, 0.6) is 0 Å². The zero-order chi connectivity index (χ0) is 20.7. The summed E-state index contributed by atoms with van der Waals surface area (Å²) in [7, 11) is 1.35. The molecule has 1 saturated heterocycles. The molecule has 0 atom stereocenters. The van der Waals surface area contributed by atoms with E-state index in [4.69, 9.17) is 4.74 Å². The van der Waals surface area contributed by atoms with Crippen LogP contribution in [0.1, 0.15) is 47.2 Å². The van der Waals surface area contributed by atoms with Crippen molar-refractivity contribution in [3.05, 3.63) is 65.2 Å². The van der Waals surface area contributed by atoms with E-state index in [2.05, 4.69) is 29.6 Å². The van der Waals surface area contributed by atoms with Gasteiger partial charge in [0.2, 0.25) is 0 Å². The maximum absolute atomic E-state index is 13.1. The molecule has 0 spiro atoms. The highest BCUT2D eigenvalue weighted by molar-refractivity contribution is 6.02. The predicted octanol–water partition coefficient (Wildman–Crippen LogP) is 1.32. The molecule has 2 aromatic carbocycles. The lowest BCUT2D eigenvalue weighted by molar-refractivity contribution is -0.932. The second-order valence-electron chi connectivity index (χ2n) is 8.04. The smallest absolute Gasteiger partial charge is 0.339 e. The number of esters is 1. The third-order valence-electron chi connectivity index (χ3n) is 5.80. The van der Waals surface area contributed by atoms with Gasteiger partial charge in [0.25, 0.3) is 5.91 Å². The van der Waals surface area contributed by atoms with Crippen LogP contribution in [0.15, 0.2) is 48.5 Å². The molecule has 0 saturated carbocycles. The molecule has 1 aliphatic heterocycles. The largest absolute Gasteiger partial charge is 1.00 e. The van der Waals surface area contributed by atoms with Gasteiger partial charge in [0, 0.05) is 5.56 Å². The fraction of sp³-hybridized carbons (Fsp3) is 0.417. The monoisotopic (exact) mass is 474 g/mol. The summed E-state index contributed by atoms with van der Waals surface area (Å²) in [6.07, 6.45) is 4.72. The van der Waals surface area contributed by atoms with Crippen LogP contribution in [0.4, 0.5) is 5.69 Å². The zero-order valence-corrected chi connectivity index (χ0v) is 19.4. The van der Waals surface area contributed by atoms with Crippen LogP contribution in [-0.4, -0.2) is 43.1 Å². The number of benzene rings is 2. The third kappa shape index (κ3) is 6.16. The van der Waals surface area contributed by atoms with Crippen molar-refractivity contribution in [3.63, 3.8) is 0 Å². The maximum Gasteiger partial charge on any atom is 0.339 e. The molecule has 1 amide bonds. The summed E-state index contributed by atoms with van der Waals surface area (Å²) < 4.78 is 5.64. The second-order valence-corrected chi connectivity index (χ2v) is 8.04. The van der Waals surface area contributed by atoms with Crippen molar-refractivity contribution >= 4 is 17.6 Å². The van der Waals surface area contributed by atoms with E-state index in [0.29, 0.717) is 17.8 Å². The fourth-order valence-electron chi connectivity index (χ4n) is 4.30. The number of hydrogen-bond donors (Lipinski definition) is 1. The number of para-hydroxylation sites is 1. The van der Waals surface area contributed by atoms with Crippen LogP contribution in [-0.2, 0) is 16.1 Å². The van der Waals surface area contributed by atoms with Gasteiger partial charge in [0.15, 0.2) is 6.54 Å². The Labute approximate surface area is 189 Å². The van der Waals surface area contributed by atoms with Crippen molar-refractivity contribution in [2.75, 3.05) is 32.1 Å². The van der Waals surface area contributed by atoms with Gasteiger partial charge in [-0.2, -0.15) is 0 Å². The van der Waals surface area contributed by atoms with Gasteiger partial charge in [0.05, 0.1) is 31.5 Å². The summed E-state index contributed by atoms with van der Waals surface area (Å²) >= 11 is 0. The summed E-state index contributed by atoms with van der Waals surface area (Å²) in [5, 5.41) is 3.02. The average molecular weight is 475 g/mol. The topological polar surface area (TPSA) is 55.4 Å². The number of rotatable bonds is 6. The van der Waals surface area contributed by atoms with Crippen LogP contribution in [0.2, 0.25) is 0 Å². The Morgan fingerprint density at radius 3 is 2.27 bits per heavy atom. The number of ether oxygens (including phenoxy) is 1. The molecule has 5 nitrogen and oxygen atoms in total. The van der Waals surface area contributed by atoms with E-state index in [-0.39, 0.29) is 22.9 Å². The van der Waals surface area contributed by atoms with Gasteiger partial charge in [-0.05, 0) is 44.2 Å². The van der Waals surface area contributed by atoms with E-state index in [9.17, 15) is 9.59 Å². The number of methoxy groups -OCH3 is 1. The standard InChI is InChI=1S/C24H30N2O3.BrH/c1-19-11-10-14-21(24(28)29-2)23(19)25-22(27)18-26(15-8-3-4-9-16-26)17-20-12-6-5-7-13-20;/h5-7,10-14H,3-4,8-9,15-18H2,1-2H3;1H. The van der Waals surface area contributed by atoms with Crippen molar-refractivity contribution in [1.29, 1.82) is 0 Å². The normalized spacial score (nSPS) is 15.4. The number of likely N-dealkylation sites (tertiary alicyclic amines) is 1. The summed E-state index contributed by atoms with van der Waals surface area (Å²) in [5.74, 6) is -0.491. The number of hydrogen-bond acceptors (Lipinski definition) is 3. The highest BCUT2D eigenvalue weighted by Gasteiger charge is 2.32. The van der Waals surface area contributed by atoms with E-state index in [1.165, 1.54) is 25.5 Å². The molecule has 0 unspecified atom stereocenters. The number of quaternary nitrogens is 1. The molecule has 1 N–H and O–H groups in total. The first kappa shape index (κ1) is 24.1. The molecule has 30 heavy (non-hydrogen) atoms. The van der Waals surface area contributed by atoms with Gasteiger partial charge >= 0.3 is 5.97 Å². The minimum Gasteiger partial charge on any atom is -1.00 e. The maximum atomic E-state index is 13.1. The van der Waals surface area contributed by atoms with Crippen molar-refractivity contribution in [2.24, 2.45) is 0 Å². The number of carbonyl (C=O) groups is 2. The Balaban J connectivity index is 0.00000320. The zero-order valence-electron chi connectivity index (χ0n) is 17.8. The van der Waals surface area contributed by atoms with Crippen molar-refractivity contribution in [1.82, 2.24) is 0 Å². The highest BCUT2D eigenvalue weighted by Crippen LogP contribution is 2.25. The quantitative estimate of drug-likeness (QED) is 0.507. The first-order valence-corrected chi connectivity index (χ1v) is 10.4. The van der Waals surface area contributed by atoms with E-state index in [0.717, 1.165) is 42.5 Å². The molecular formula is C24H31BrN2O3. The number of anilines is 1. The van der Waals surface area contributed by atoms with Gasteiger partial charge in [-0.3, -0.25) is 4.79 Å². The third-order valence-corrected chi connectivity index (χ3v) is 5.80. The molecular weight excluding hydrogens is 444 g/mol. The van der Waals surface area contributed by atoms with Crippen LogP contribution in [0.3, 0.4) is 0 Å². The highest BCUT2D eigenvalue weighted by atomic mass is 79.9. The number of carbonyl (C=O) groups excluding carboxylic acids is 2. The lowest BCUT2D eigenvalue weighted by Crippen LogP contribution is -3.00. The Hall–Kier alpha value is -2.18. The molecule has 0 aromatic heterocycles. The molecule has 2 aromatic rings. The summed E-state index contributed by atoms with van der Waals surface area (Å²) in [4.78, 5) is 25.3. The number of nitrogens with one attached hydrogen (secondary N) is 1. The lowest BCUT2D eigenvalue weighted by atomic mass is 10.1. The van der Waals surface area contributed by atoms with Crippen LogP contribution >= 0.6 is 0 Å². The van der Waals surface area contributed by atoms with Gasteiger partial charge in [-0.15, -0.1) is 0 Å². The van der Waals surface area contributed by atoms with Gasteiger partial charge in [0.1, 0.15) is 6.54 Å². The second kappa shape index (κ2) is 11.3. The van der Waals surface area contributed by atoms with Crippen LogP contribution in [0.25, 0.3) is 0 Å². The molecule has 0 bridgehead atoms. The molecule has 1 aliphatic rings. The van der Waals surface area contributed by atoms with E-state index in [1.54, 1.807) is 12.1 Å². The van der Waals surface area contributed by atoms with Gasteiger partial charge in [-0.1, -0.05) is 42.5 Å². The summed E-state index contributed by atoms with van der Waals surface area (Å²) in [6, 6.07) is 15.8. The first-order chi connectivity index (χ1) is 14.0. The molecule has 0 aliphatic carbocycles. The van der Waals surface area contributed by atoms with Crippen molar-refractivity contribution in [3.8, 4) is 0 Å². The van der Waals surface area contributed by atoms with Crippen LogP contribution in [0, 0.1) is 6.92 Å². The average Bonchev–Trinajstić information content (AvgIpc) is 2.95. The molecule has 0 radical (unpaired) electrons. The fourth-order valence-corrected chi connectivity index (χ4v) is 4.30. The van der Waals surface area contributed by atoms with Gasteiger partial charge in [-0.25, -0.2) is 4.79 Å². The first-order valence-electron chi connectivity index (χ1n) is 10.4. The van der Waals surface area contributed by atoms with E-state index < -0.39 is 5.97 Å².